The monoisotopic (exact) mass is 373 g/mol. The normalized spacial score (nSPS) is 15.6. The number of carbonyl (C=O) groups is 2. The van der Waals surface area contributed by atoms with Crippen LogP contribution >= 0.6 is 11.3 Å². The number of nitrogens with one attached hydrogen (secondary N) is 2. The fourth-order valence-corrected chi connectivity index (χ4v) is 5.21. The lowest BCUT2D eigenvalue weighted by molar-refractivity contribution is -0.123. The van der Waals surface area contributed by atoms with Gasteiger partial charge in [0.25, 0.3) is 5.91 Å². The van der Waals surface area contributed by atoms with Crippen LogP contribution in [0.5, 0.6) is 0 Å². The van der Waals surface area contributed by atoms with E-state index in [9.17, 15) is 18.0 Å². The largest absolute Gasteiger partial charge is 0.354 e. The maximum atomic E-state index is 12.6. The van der Waals surface area contributed by atoms with E-state index in [0.717, 1.165) is 24.2 Å². The van der Waals surface area contributed by atoms with E-state index in [1.54, 1.807) is 19.2 Å². The Labute approximate surface area is 146 Å². The van der Waals surface area contributed by atoms with Crippen molar-refractivity contribution in [2.24, 2.45) is 5.92 Å². The van der Waals surface area contributed by atoms with Gasteiger partial charge in [-0.15, -0.1) is 11.3 Å². The summed E-state index contributed by atoms with van der Waals surface area (Å²) in [5.41, 5.74) is 0. The van der Waals surface area contributed by atoms with Gasteiger partial charge < -0.3 is 10.6 Å². The molecule has 1 aromatic rings. The van der Waals surface area contributed by atoms with Crippen LogP contribution in [0.15, 0.2) is 16.3 Å². The summed E-state index contributed by atoms with van der Waals surface area (Å²) >= 11 is 1.11. The summed E-state index contributed by atoms with van der Waals surface area (Å²) in [6.45, 7) is 5.13. The average Bonchev–Trinajstić information content (AvgIpc) is 3.22. The van der Waals surface area contributed by atoms with Crippen LogP contribution in [0.1, 0.15) is 36.4 Å². The molecule has 1 fully saturated rings. The zero-order chi connectivity index (χ0) is 17.7. The molecule has 0 saturated carbocycles. The minimum atomic E-state index is -3.61. The number of hydrogen-bond acceptors (Lipinski definition) is 5. The fourth-order valence-electron chi connectivity index (χ4n) is 2.38. The first-order valence-electron chi connectivity index (χ1n) is 7.97. The van der Waals surface area contributed by atoms with Gasteiger partial charge in [0.2, 0.25) is 15.9 Å². The Morgan fingerprint density at radius 1 is 1.21 bits per heavy atom. The summed E-state index contributed by atoms with van der Waals surface area (Å²) in [5.74, 6) is -0.630. The lowest BCUT2D eigenvalue weighted by Crippen LogP contribution is -2.36. The van der Waals surface area contributed by atoms with Crippen molar-refractivity contribution in [3.63, 3.8) is 0 Å². The Kier molecular flexibility index (Phi) is 6.36. The van der Waals surface area contributed by atoms with E-state index in [1.165, 1.54) is 10.4 Å². The van der Waals surface area contributed by atoms with Crippen molar-refractivity contribution >= 4 is 33.2 Å². The van der Waals surface area contributed by atoms with Crippen LogP contribution in [0.2, 0.25) is 0 Å². The Balaban J connectivity index is 1.97. The van der Waals surface area contributed by atoms with Crippen LogP contribution in [0, 0.1) is 5.92 Å². The van der Waals surface area contributed by atoms with Crippen molar-refractivity contribution in [1.29, 1.82) is 0 Å². The molecule has 1 aromatic heterocycles. The third-order valence-electron chi connectivity index (χ3n) is 3.75. The summed E-state index contributed by atoms with van der Waals surface area (Å²) < 4.78 is 26.6. The smallest absolute Gasteiger partial charge is 0.262 e. The second-order valence-corrected chi connectivity index (χ2v) is 8.75. The van der Waals surface area contributed by atoms with E-state index < -0.39 is 15.9 Å². The van der Waals surface area contributed by atoms with Crippen LogP contribution in [-0.4, -0.2) is 50.7 Å². The highest BCUT2D eigenvalue weighted by atomic mass is 32.2. The molecule has 1 aliphatic rings. The number of hydrogen-bond donors (Lipinski definition) is 2. The van der Waals surface area contributed by atoms with Crippen molar-refractivity contribution in [1.82, 2.24) is 14.9 Å². The molecule has 0 unspecified atom stereocenters. The average molecular weight is 374 g/mol. The number of rotatable bonds is 7. The zero-order valence-corrected chi connectivity index (χ0v) is 15.5. The van der Waals surface area contributed by atoms with Crippen LogP contribution in [0.4, 0.5) is 0 Å². The summed E-state index contributed by atoms with van der Waals surface area (Å²) in [4.78, 5) is 24.0. The molecule has 9 heteroatoms. The third-order valence-corrected chi connectivity index (χ3v) is 6.74. The van der Waals surface area contributed by atoms with Gasteiger partial charge in [-0.1, -0.05) is 13.8 Å². The Morgan fingerprint density at radius 3 is 2.46 bits per heavy atom. The molecule has 1 aliphatic heterocycles. The van der Waals surface area contributed by atoms with Crippen LogP contribution in [0.3, 0.4) is 0 Å². The van der Waals surface area contributed by atoms with Gasteiger partial charge in [0, 0.05) is 32.1 Å². The van der Waals surface area contributed by atoms with Gasteiger partial charge in [0.15, 0.2) is 0 Å². The number of carbonyl (C=O) groups excluding carboxylic acids is 2. The Hall–Kier alpha value is -1.45. The third kappa shape index (κ3) is 4.34. The van der Waals surface area contributed by atoms with Gasteiger partial charge in [0.1, 0.15) is 9.77 Å². The van der Waals surface area contributed by atoms with Gasteiger partial charge in [-0.2, -0.15) is 4.31 Å². The molecule has 2 N–H and O–H groups in total. The van der Waals surface area contributed by atoms with Crippen LogP contribution in [-0.2, 0) is 14.8 Å². The first-order valence-corrected chi connectivity index (χ1v) is 10.3. The topological polar surface area (TPSA) is 95.6 Å². The molecule has 1 saturated heterocycles. The molecule has 2 rings (SSSR count). The predicted molar refractivity (Wildman–Crippen MR) is 92.5 cm³/mol. The standard InChI is InChI=1S/C15H23N3O4S2/c1-11(2)14(19)16-6-7-17-15(20)13-12(5-10-23-13)24(21,22)18-8-3-4-9-18/h5,10-11H,3-4,6-9H2,1-2H3,(H,16,19)(H,17,20). The van der Waals surface area contributed by atoms with Crippen LogP contribution < -0.4 is 10.6 Å². The van der Waals surface area contributed by atoms with Crippen molar-refractivity contribution in [3.8, 4) is 0 Å². The maximum Gasteiger partial charge on any atom is 0.262 e. The molecule has 0 aliphatic carbocycles. The second-order valence-electron chi connectivity index (χ2n) is 5.93. The lowest BCUT2D eigenvalue weighted by Gasteiger charge is -2.15. The summed E-state index contributed by atoms with van der Waals surface area (Å²) in [6, 6.07) is 1.48. The summed E-state index contributed by atoms with van der Waals surface area (Å²) in [6.07, 6.45) is 1.70. The highest BCUT2D eigenvalue weighted by molar-refractivity contribution is 7.89. The highest BCUT2D eigenvalue weighted by Gasteiger charge is 2.31. The van der Waals surface area contributed by atoms with E-state index in [1.807, 2.05) is 0 Å². The molecule has 134 valence electrons. The second kappa shape index (κ2) is 8.09. The molecule has 2 heterocycles. The van der Waals surface area contributed by atoms with Crippen molar-refractivity contribution < 1.29 is 18.0 Å². The maximum absolute atomic E-state index is 12.6. The van der Waals surface area contributed by atoms with Crippen molar-refractivity contribution in [2.45, 2.75) is 31.6 Å². The van der Waals surface area contributed by atoms with Gasteiger partial charge in [-0.25, -0.2) is 8.42 Å². The molecule has 0 atom stereocenters. The molecule has 0 spiro atoms. The quantitative estimate of drug-likeness (QED) is 0.698. The molecule has 0 radical (unpaired) electrons. The van der Waals surface area contributed by atoms with Gasteiger partial charge in [-0.3, -0.25) is 9.59 Å². The molecular weight excluding hydrogens is 350 g/mol. The summed E-state index contributed by atoms with van der Waals surface area (Å²) in [7, 11) is -3.61. The molecule has 24 heavy (non-hydrogen) atoms. The predicted octanol–water partition coefficient (Wildman–Crippen LogP) is 1.03. The minimum absolute atomic E-state index is 0.0677. The minimum Gasteiger partial charge on any atom is -0.354 e. The van der Waals surface area contributed by atoms with Crippen molar-refractivity contribution in [3.05, 3.63) is 16.3 Å². The zero-order valence-electron chi connectivity index (χ0n) is 13.9. The molecule has 2 amide bonds. The van der Waals surface area contributed by atoms with Gasteiger partial charge >= 0.3 is 0 Å². The highest BCUT2D eigenvalue weighted by Crippen LogP contribution is 2.27. The number of thiophene rings is 1. The van der Waals surface area contributed by atoms with E-state index in [-0.39, 0.29) is 28.1 Å². The fraction of sp³-hybridized carbons (Fsp3) is 0.600. The number of sulfonamides is 1. The van der Waals surface area contributed by atoms with Gasteiger partial charge in [0.05, 0.1) is 0 Å². The van der Waals surface area contributed by atoms with E-state index in [2.05, 4.69) is 10.6 Å². The first-order chi connectivity index (χ1) is 11.3. The van der Waals surface area contributed by atoms with E-state index >= 15 is 0 Å². The SMILES string of the molecule is CC(C)C(=O)NCCNC(=O)c1sccc1S(=O)(=O)N1CCCC1. The first kappa shape index (κ1) is 18.9. The number of nitrogens with zero attached hydrogens (tertiary/aromatic N) is 1. The molecule has 7 nitrogen and oxygen atoms in total. The Bertz CT molecular complexity index is 691. The van der Waals surface area contributed by atoms with E-state index in [0.29, 0.717) is 19.6 Å². The van der Waals surface area contributed by atoms with Crippen molar-refractivity contribution in [2.75, 3.05) is 26.2 Å². The molecule has 0 bridgehead atoms. The molecule has 0 aromatic carbocycles. The lowest BCUT2D eigenvalue weighted by atomic mass is 10.2. The van der Waals surface area contributed by atoms with Gasteiger partial charge in [-0.05, 0) is 24.3 Å². The summed E-state index contributed by atoms with van der Waals surface area (Å²) in [5, 5.41) is 6.96. The number of amides is 2. The molecular formula is C15H23N3O4S2. The van der Waals surface area contributed by atoms with E-state index in [4.69, 9.17) is 0 Å². The van der Waals surface area contributed by atoms with Crippen LogP contribution in [0.25, 0.3) is 0 Å². The Morgan fingerprint density at radius 2 is 1.83 bits per heavy atom.